The van der Waals surface area contributed by atoms with E-state index in [4.69, 9.17) is 4.98 Å². The number of benzene rings is 1. The number of rotatable bonds is 11. The Morgan fingerprint density at radius 2 is 1.77 bits per heavy atom. The third kappa shape index (κ3) is 8.79. The topological polar surface area (TPSA) is 172 Å². The molecule has 0 saturated carbocycles. The summed E-state index contributed by atoms with van der Waals surface area (Å²) in [6.07, 6.45) is 13.4. The second-order valence-electron chi connectivity index (χ2n) is 18.2. The molecule has 4 aromatic heterocycles. The Morgan fingerprint density at radius 3 is 2.52 bits per heavy atom. The molecule has 65 heavy (non-hydrogen) atoms. The molecule has 1 unspecified atom stereocenters. The third-order valence-corrected chi connectivity index (χ3v) is 14.8. The number of aryl methyl sites for hydroxylation is 2. The van der Waals surface area contributed by atoms with Gasteiger partial charge in [-0.05, 0) is 119 Å². The summed E-state index contributed by atoms with van der Waals surface area (Å²) in [5.41, 5.74) is 6.33. The first-order valence-corrected chi connectivity index (χ1v) is 23.5. The Kier molecular flexibility index (Phi) is 12.4. The predicted octanol–water partition coefficient (Wildman–Crippen LogP) is 6.15. The molecule has 2 saturated heterocycles. The van der Waals surface area contributed by atoms with Crippen molar-refractivity contribution in [2.75, 3.05) is 64.6 Å². The molecule has 16 heteroatoms. The minimum atomic E-state index is -0.997. The largest absolute Gasteiger partial charge is 0.392 e. The average molecular weight is 899 g/mol. The van der Waals surface area contributed by atoms with E-state index in [0.717, 1.165) is 93.9 Å². The van der Waals surface area contributed by atoms with Crippen molar-refractivity contribution in [1.82, 2.24) is 24.4 Å². The van der Waals surface area contributed by atoms with Crippen molar-refractivity contribution in [1.29, 1.82) is 0 Å². The van der Waals surface area contributed by atoms with E-state index >= 15 is 0 Å². The molecule has 4 aliphatic rings. The molecular formula is C49H58N10O5S. The highest BCUT2D eigenvalue weighted by atomic mass is 32.1. The number of aliphatic hydroxyl groups is 2. The first-order valence-electron chi connectivity index (χ1n) is 22.7. The van der Waals surface area contributed by atoms with Crippen molar-refractivity contribution < 1.29 is 19.8 Å². The second kappa shape index (κ2) is 18.1. The van der Waals surface area contributed by atoms with E-state index in [1.54, 1.807) is 61.8 Å². The van der Waals surface area contributed by atoms with Crippen LogP contribution in [0.1, 0.15) is 83.4 Å². The van der Waals surface area contributed by atoms with Crippen molar-refractivity contribution in [3.8, 4) is 11.3 Å². The van der Waals surface area contributed by atoms with E-state index < -0.39 is 5.60 Å². The molecule has 9 rings (SSSR count). The molecule has 15 nitrogen and oxygen atoms in total. The molecule has 4 N–H and O–H groups in total. The number of piperidine rings is 1. The van der Waals surface area contributed by atoms with E-state index in [1.807, 2.05) is 30.3 Å². The van der Waals surface area contributed by atoms with Gasteiger partial charge >= 0.3 is 0 Å². The van der Waals surface area contributed by atoms with Crippen LogP contribution in [0.5, 0.6) is 0 Å². The van der Waals surface area contributed by atoms with E-state index in [9.17, 15) is 24.6 Å². The number of fused-ring (bicyclic) bond motifs is 3. The fourth-order valence-corrected chi connectivity index (χ4v) is 11.4. The number of pyridine rings is 2. The number of anilines is 6. The standard InChI is InChI=1S/C49H58N10O5S/c1-6-43(61)53-38-25-31(11-12-40(38)58-24-23-57(27-30(58)2)32-15-20-56(21-16-32)33-13-18-50-42(26-33)49(3,4)64)52-45-48(63)55(5)28-39(54-45)34-14-19-51-46(37(34)29-60)59-22-17-36-35-9-7-8-10-41(35)65-44(36)47(59)62/h6,11-14,18-19,25-26,28,30,32,60,64H,1,7-10,15-17,20-24,27,29H2,2-5H3,(H,52,54)(H,53,61). The van der Waals surface area contributed by atoms with Crippen LogP contribution in [0.4, 0.5) is 34.4 Å². The lowest BCUT2D eigenvalue weighted by molar-refractivity contribution is -0.111. The number of nitrogens with one attached hydrogen (secondary N) is 2. The fourth-order valence-electron chi connectivity index (χ4n) is 10.0. The molecule has 1 aliphatic carbocycles. The molecule has 7 heterocycles. The van der Waals surface area contributed by atoms with Crippen LogP contribution in [-0.4, -0.2) is 97.8 Å². The molecule has 0 radical (unpaired) electrons. The van der Waals surface area contributed by atoms with Crippen LogP contribution in [0, 0.1) is 0 Å². The molecule has 3 aliphatic heterocycles. The van der Waals surface area contributed by atoms with Gasteiger partial charge in [0.15, 0.2) is 5.82 Å². The molecular weight excluding hydrogens is 841 g/mol. The van der Waals surface area contributed by atoms with Gasteiger partial charge in [-0.3, -0.25) is 29.2 Å². The van der Waals surface area contributed by atoms with E-state index in [1.165, 1.54) is 26.6 Å². The van der Waals surface area contributed by atoms with Gasteiger partial charge in [0.25, 0.3) is 11.5 Å². The lowest BCUT2D eigenvalue weighted by Crippen LogP contribution is -2.57. The molecule has 340 valence electrons. The van der Waals surface area contributed by atoms with Gasteiger partial charge in [-0.1, -0.05) is 6.58 Å². The van der Waals surface area contributed by atoms with Gasteiger partial charge in [0, 0.05) is 104 Å². The molecule has 1 aromatic carbocycles. The lowest BCUT2D eigenvalue weighted by atomic mass is 9.92. The number of nitrogens with zero attached hydrogens (tertiary/aromatic N) is 8. The molecule has 0 spiro atoms. The Labute approximate surface area is 383 Å². The van der Waals surface area contributed by atoms with Gasteiger partial charge < -0.3 is 35.2 Å². The molecule has 5 aromatic rings. The van der Waals surface area contributed by atoms with Crippen LogP contribution in [0.25, 0.3) is 11.3 Å². The van der Waals surface area contributed by atoms with Crippen LogP contribution in [0.3, 0.4) is 0 Å². The monoisotopic (exact) mass is 898 g/mol. The summed E-state index contributed by atoms with van der Waals surface area (Å²) in [6, 6.07) is 12.0. The number of hydrogen-bond acceptors (Lipinski definition) is 13. The highest BCUT2D eigenvalue weighted by molar-refractivity contribution is 7.14. The van der Waals surface area contributed by atoms with Gasteiger partial charge in [-0.15, -0.1) is 11.3 Å². The van der Waals surface area contributed by atoms with Gasteiger partial charge in [0.2, 0.25) is 5.91 Å². The minimum Gasteiger partial charge on any atom is -0.392 e. The van der Waals surface area contributed by atoms with Crippen LogP contribution < -0.4 is 30.9 Å². The Balaban J connectivity index is 0.921. The number of amides is 2. The van der Waals surface area contributed by atoms with Crippen LogP contribution in [0.2, 0.25) is 0 Å². The zero-order chi connectivity index (χ0) is 45.6. The number of aromatic nitrogens is 4. The summed E-state index contributed by atoms with van der Waals surface area (Å²) in [6.45, 7) is 13.8. The summed E-state index contributed by atoms with van der Waals surface area (Å²) < 4.78 is 1.44. The summed E-state index contributed by atoms with van der Waals surface area (Å²) in [7, 11) is 1.64. The minimum absolute atomic E-state index is 0.0542. The number of hydrogen-bond donors (Lipinski definition) is 4. The van der Waals surface area contributed by atoms with Crippen molar-refractivity contribution in [2.24, 2.45) is 7.05 Å². The van der Waals surface area contributed by atoms with Crippen LogP contribution in [-0.2, 0) is 43.3 Å². The van der Waals surface area contributed by atoms with Crippen LogP contribution >= 0.6 is 11.3 Å². The summed E-state index contributed by atoms with van der Waals surface area (Å²) in [5.74, 6) is -0.00712. The first kappa shape index (κ1) is 44.3. The highest BCUT2D eigenvalue weighted by Crippen LogP contribution is 2.40. The van der Waals surface area contributed by atoms with Crippen LogP contribution in [0.15, 0.2) is 72.4 Å². The average Bonchev–Trinajstić information content (AvgIpc) is 3.70. The quantitative estimate of drug-likeness (QED) is 0.112. The van der Waals surface area contributed by atoms with Gasteiger partial charge in [-0.25, -0.2) is 9.97 Å². The predicted molar refractivity (Wildman–Crippen MR) is 257 cm³/mol. The summed E-state index contributed by atoms with van der Waals surface area (Å²) in [4.78, 5) is 65.4. The van der Waals surface area contributed by atoms with Crippen molar-refractivity contribution in [3.05, 3.63) is 110 Å². The zero-order valence-corrected chi connectivity index (χ0v) is 38.5. The second-order valence-corrected chi connectivity index (χ2v) is 19.3. The normalized spacial score (nSPS) is 18.3. The molecule has 0 bridgehead atoms. The van der Waals surface area contributed by atoms with Crippen molar-refractivity contribution in [2.45, 2.75) is 90.0 Å². The molecule has 2 fully saturated rings. The maximum absolute atomic E-state index is 14.0. The zero-order valence-electron chi connectivity index (χ0n) is 37.6. The Morgan fingerprint density at radius 1 is 0.985 bits per heavy atom. The summed E-state index contributed by atoms with van der Waals surface area (Å²) in [5, 5.41) is 27.6. The molecule has 1 atom stereocenters. The smallest absolute Gasteiger partial charge is 0.293 e. The lowest BCUT2D eigenvalue weighted by Gasteiger charge is -2.47. The first-order chi connectivity index (χ1) is 31.3. The van der Waals surface area contributed by atoms with Gasteiger partial charge in [0.05, 0.1) is 34.2 Å². The van der Waals surface area contributed by atoms with Gasteiger partial charge in [-0.2, -0.15) is 0 Å². The number of carbonyl (C=O) groups excluding carboxylic acids is 2. The number of piperazine rings is 1. The maximum Gasteiger partial charge on any atom is 0.293 e. The molecule has 2 amide bonds. The van der Waals surface area contributed by atoms with Crippen molar-refractivity contribution in [3.63, 3.8) is 0 Å². The third-order valence-electron chi connectivity index (χ3n) is 13.5. The summed E-state index contributed by atoms with van der Waals surface area (Å²) >= 11 is 1.60. The number of carbonyl (C=O) groups is 2. The van der Waals surface area contributed by atoms with E-state index in [0.29, 0.717) is 52.3 Å². The van der Waals surface area contributed by atoms with E-state index in [2.05, 4.69) is 48.8 Å². The SMILES string of the molecule is C=CC(=O)Nc1cc(Nc2nc(-c3ccnc(N4CCc5c(sc6c5CCCC6)C4=O)c3CO)cn(C)c2=O)ccc1N1CCN(C2CCN(c3ccnc(C(C)(C)O)c3)CC2)CC1C. The maximum atomic E-state index is 14.0. The van der Waals surface area contributed by atoms with Gasteiger partial charge in [0.1, 0.15) is 11.4 Å². The Hall–Kier alpha value is -5.94. The number of aliphatic hydroxyl groups excluding tert-OH is 1. The van der Waals surface area contributed by atoms with Crippen molar-refractivity contribution >= 4 is 57.5 Å². The van der Waals surface area contributed by atoms with E-state index in [-0.39, 0.29) is 35.8 Å². The highest BCUT2D eigenvalue weighted by Gasteiger charge is 2.35. The fraction of sp³-hybridized carbons (Fsp3) is 0.429. The Bertz CT molecular complexity index is 2700. The number of thiophene rings is 1.